The molecule has 13 nitrogen and oxygen atoms in total. The van der Waals surface area contributed by atoms with Crippen LogP contribution < -0.4 is 29.8 Å². The normalized spacial score (nSPS) is 14.0. The number of morpholine rings is 1. The van der Waals surface area contributed by atoms with E-state index in [4.69, 9.17) is 19.2 Å². The quantitative estimate of drug-likeness (QED) is 0.179. The lowest BCUT2D eigenvalue weighted by atomic mass is 9.86. The lowest BCUT2D eigenvalue weighted by molar-refractivity contribution is 0.0314. The van der Waals surface area contributed by atoms with Crippen molar-refractivity contribution in [2.45, 2.75) is 40.0 Å². The van der Waals surface area contributed by atoms with Crippen molar-refractivity contribution in [3.05, 3.63) is 65.9 Å². The highest BCUT2D eigenvalue weighted by molar-refractivity contribution is 7.92. The third kappa shape index (κ3) is 8.24. The van der Waals surface area contributed by atoms with Crippen molar-refractivity contribution in [1.29, 1.82) is 0 Å². The molecular weight excluding hydrogens is 634 g/mol. The Morgan fingerprint density at radius 3 is 2.29 bits per heavy atom. The van der Waals surface area contributed by atoms with E-state index in [0.29, 0.717) is 48.7 Å². The van der Waals surface area contributed by atoms with E-state index in [1.807, 2.05) is 57.0 Å². The maximum atomic E-state index is 13.4. The zero-order valence-electron chi connectivity index (χ0n) is 28.4. The smallest absolute Gasteiger partial charge is 0.323 e. The summed E-state index contributed by atoms with van der Waals surface area (Å²) in [5.74, 6) is 1.70. The first kappa shape index (κ1) is 34.7. The largest absolute Gasteiger partial charge is 0.492 e. The minimum Gasteiger partial charge on any atom is -0.492 e. The number of carbonyl (C=O) groups is 1. The van der Waals surface area contributed by atoms with Crippen LogP contribution in [0.5, 0.6) is 17.4 Å². The number of benzene rings is 3. The third-order valence-corrected chi connectivity index (χ3v) is 8.32. The molecule has 0 bridgehead atoms. The molecule has 3 N–H and O–H groups in total. The predicted molar refractivity (Wildman–Crippen MR) is 189 cm³/mol. The number of amides is 2. The van der Waals surface area contributed by atoms with Crippen LogP contribution in [-0.2, 0) is 20.2 Å². The van der Waals surface area contributed by atoms with Crippen LogP contribution in [0.2, 0.25) is 0 Å². The average Bonchev–Trinajstić information content (AvgIpc) is 3.01. The summed E-state index contributed by atoms with van der Waals surface area (Å²) in [7, 11) is -2.20. The molecule has 0 aliphatic carbocycles. The number of aryl methyl sites for hydroxylation is 1. The average molecular weight is 678 g/mol. The van der Waals surface area contributed by atoms with E-state index in [2.05, 4.69) is 32.3 Å². The molecule has 5 rings (SSSR count). The summed E-state index contributed by atoms with van der Waals surface area (Å²) in [6.07, 6.45) is 1.06. The van der Waals surface area contributed by atoms with Gasteiger partial charge in [0.05, 0.1) is 43.6 Å². The number of urea groups is 1. The van der Waals surface area contributed by atoms with Gasteiger partial charge in [0.1, 0.15) is 5.75 Å². The first-order valence-corrected chi connectivity index (χ1v) is 17.6. The van der Waals surface area contributed by atoms with Crippen LogP contribution in [0.4, 0.5) is 27.8 Å². The Balaban J connectivity index is 1.42. The van der Waals surface area contributed by atoms with E-state index in [-0.39, 0.29) is 16.9 Å². The molecular formula is C34H43N7O6S. The molecule has 48 heavy (non-hydrogen) atoms. The molecule has 2 amide bonds. The van der Waals surface area contributed by atoms with E-state index in [1.165, 1.54) is 7.11 Å². The first-order chi connectivity index (χ1) is 22.8. The minimum absolute atomic E-state index is 0.187. The molecule has 0 spiro atoms. The van der Waals surface area contributed by atoms with Crippen LogP contribution >= 0.6 is 0 Å². The van der Waals surface area contributed by atoms with E-state index >= 15 is 0 Å². The monoisotopic (exact) mass is 677 g/mol. The summed E-state index contributed by atoms with van der Waals surface area (Å²) in [6, 6.07) is 15.8. The van der Waals surface area contributed by atoms with Crippen LogP contribution in [0.15, 0.2) is 54.6 Å². The van der Waals surface area contributed by atoms with Crippen LogP contribution in [0.25, 0.3) is 10.8 Å². The molecule has 14 heteroatoms. The van der Waals surface area contributed by atoms with Gasteiger partial charge < -0.3 is 24.8 Å². The zero-order chi connectivity index (χ0) is 34.6. The van der Waals surface area contributed by atoms with Crippen molar-refractivity contribution in [3.63, 3.8) is 0 Å². The number of fused-ring (bicyclic) bond motifs is 1. The van der Waals surface area contributed by atoms with Crippen molar-refractivity contribution >= 4 is 49.8 Å². The molecule has 256 valence electrons. The number of ether oxygens (including phenoxy) is 3. The standard InChI is InChI=1S/C34H43N7O6S/c1-8-41(40-15-17-46-18-16-40)32-35-22(2)19-30(38-32)47-29-14-13-26(24-11-9-10-12-25(24)29)36-33(42)37-27-20-23(34(3,4)5)21-28(31(27)45-6)39-48(7,43)44/h9-14,19-21,39H,8,15-18H2,1-7H3,(H2,36,37,42). The molecule has 4 aromatic rings. The fourth-order valence-electron chi connectivity index (χ4n) is 5.46. The van der Waals surface area contributed by atoms with Gasteiger partial charge in [-0.05, 0) is 49.1 Å². The Morgan fingerprint density at radius 2 is 1.65 bits per heavy atom. The van der Waals surface area contributed by atoms with E-state index < -0.39 is 16.1 Å². The van der Waals surface area contributed by atoms with E-state index in [9.17, 15) is 13.2 Å². The number of rotatable bonds is 10. The van der Waals surface area contributed by atoms with Gasteiger partial charge in [0.2, 0.25) is 21.9 Å². The number of methoxy groups -OCH3 is 1. The van der Waals surface area contributed by atoms with Crippen molar-refractivity contribution in [2.75, 3.05) is 66.6 Å². The lowest BCUT2D eigenvalue weighted by Crippen LogP contribution is -2.49. The Hall–Kier alpha value is -4.66. The number of hydrogen-bond donors (Lipinski definition) is 3. The maximum Gasteiger partial charge on any atom is 0.323 e. The van der Waals surface area contributed by atoms with Crippen LogP contribution in [0.3, 0.4) is 0 Å². The molecule has 0 unspecified atom stereocenters. The van der Waals surface area contributed by atoms with Crippen molar-refractivity contribution in [1.82, 2.24) is 15.0 Å². The molecule has 1 aliphatic heterocycles. The van der Waals surface area contributed by atoms with Crippen LogP contribution in [-0.4, -0.2) is 75.6 Å². The number of hydrazine groups is 1. The van der Waals surface area contributed by atoms with Gasteiger partial charge in [0.25, 0.3) is 0 Å². The number of sulfonamides is 1. The molecule has 0 saturated carbocycles. The number of anilines is 4. The summed E-state index contributed by atoms with van der Waals surface area (Å²) >= 11 is 0. The second kappa shape index (κ2) is 14.2. The summed E-state index contributed by atoms with van der Waals surface area (Å²) in [5.41, 5.74) is 2.30. The molecule has 0 atom stereocenters. The Labute approximate surface area is 281 Å². The van der Waals surface area contributed by atoms with Gasteiger partial charge in [-0.3, -0.25) is 9.73 Å². The maximum absolute atomic E-state index is 13.4. The van der Waals surface area contributed by atoms with Gasteiger partial charge in [0.15, 0.2) is 5.75 Å². The van der Waals surface area contributed by atoms with E-state index in [0.717, 1.165) is 41.4 Å². The topological polar surface area (TPSA) is 147 Å². The highest BCUT2D eigenvalue weighted by Crippen LogP contribution is 2.40. The first-order valence-electron chi connectivity index (χ1n) is 15.7. The highest BCUT2D eigenvalue weighted by atomic mass is 32.2. The lowest BCUT2D eigenvalue weighted by Gasteiger charge is -2.36. The molecule has 1 saturated heterocycles. The van der Waals surface area contributed by atoms with Crippen LogP contribution in [0, 0.1) is 6.92 Å². The highest BCUT2D eigenvalue weighted by Gasteiger charge is 2.24. The predicted octanol–water partition coefficient (Wildman–Crippen LogP) is 6.13. The van der Waals surface area contributed by atoms with Crippen molar-refractivity contribution < 1.29 is 27.4 Å². The molecule has 0 radical (unpaired) electrons. The van der Waals surface area contributed by atoms with Gasteiger partial charge in [0, 0.05) is 42.2 Å². The second-order valence-corrected chi connectivity index (χ2v) is 14.2. The summed E-state index contributed by atoms with van der Waals surface area (Å²) in [5, 5.41) is 11.5. The second-order valence-electron chi connectivity index (χ2n) is 12.5. The van der Waals surface area contributed by atoms with Gasteiger partial charge in [-0.1, -0.05) is 45.0 Å². The minimum atomic E-state index is -3.62. The Morgan fingerprint density at radius 1 is 0.979 bits per heavy atom. The number of aromatic nitrogens is 2. The number of carbonyl (C=O) groups excluding carboxylic acids is 1. The summed E-state index contributed by atoms with van der Waals surface area (Å²) in [4.78, 5) is 22.9. The van der Waals surface area contributed by atoms with Gasteiger partial charge >= 0.3 is 6.03 Å². The summed E-state index contributed by atoms with van der Waals surface area (Å²) in [6.45, 7) is 13.4. The molecule has 1 aromatic heterocycles. The molecule has 2 heterocycles. The van der Waals surface area contributed by atoms with Gasteiger partial charge in [-0.2, -0.15) is 4.98 Å². The Kier molecular flexibility index (Phi) is 10.3. The Bertz CT molecular complexity index is 1910. The molecule has 3 aromatic carbocycles. The van der Waals surface area contributed by atoms with Gasteiger partial charge in [-0.25, -0.2) is 23.2 Å². The number of nitrogens with zero attached hydrogens (tertiary/aromatic N) is 4. The van der Waals surface area contributed by atoms with Crippen molar-refractivity contribution in [2.24, 2.45) is 0 Å². The van der Waals surface area contributed by atoms with E-state index in [1.54, 1.807) is 30.3 Å². The zero-order valence-corrected chi connectivity index (χ0v) is 29.2. The summed E-state index contributed by atoms with van der Waals surface area (Å²) < 4.78 is 44.2. The third-order valence-electron chi connectivity index (χ3n) is 7.73. The fourth-order valence-corrected chi connectivity index (χ4v) is 6.01. The fraction of sp³-hybridized carbons (Fsp3) is 0.382. The number of hydrogen-bond acceptors (Lipinski definition) is 10. The van der Waals surface area contributed by atoms with Crippen LogP contribution in [0.1, 0.15) is 39.0 Å². The van der Waals surface area contributed by atoms with Crippen molar-refractivity contribution in [3.8, 4) is 17.4 Å². The molecule has 1 fully saturated rings. The number of nitrogens with one attached hydrogen (secondary N) is 3. The SMILES string of the molecule is CCN(c1nc(C)cc(Oc2ccc(NC(=O)Nc3cc(C(C)(C)C)cc(NS(C)(=O)=O)c3OC)c3ccccc23)n1)N1CCOCC1. The molecule has 1 aliphatic rings. The van der Waals surface area contributed by atoms with Gasteiger partial charge in [-0.15, -0.1) is 0 Å².